The smallest absolute Gasteiger partial charge is 0.119 e. The van der Waals surface area contributed by atoms with Gasteiger partial charge in [0.1, 0.15) is 5.75 Å². The molecule has 2 atom stereocenters. The number of fused-ring (bicyclic) bond motifs is 3. The number of aromatic hydroxyl groups is 1. The first kappa shape index (κ1) is 17.1. The number of hydrogen-bond acceptors (Lipinski definition) is 2. The summed E-state index contributed by atoms with van der Waals surface area (Å²) in [5.41, 5.74) is 2.68. The molecule has 2 nitrogen and oxygen atoms in total. The molecule has 1 aliphatic heterocycles. The molecule has 128 valence electrons. The summed E-state index contributed by atoms with van der Waals surface area (Å²) in [6, 6.07) is 6.88. The number of hydrogen-bond donors (Lipinski definition) is 1. The lowest BCUT2D eigenvalue weighted by molar-refractivity contribution is 0.199. The van der Waals surface area contributed by atoms with Gasteiger partial charge in [-0.05, 0) is 61.9 Å². The van der Waals surface area contributed by atoms with Crippen molar-refractivity contribution in [2.45, 2.75) is 69.7 Å². The van der Waals surface area contributed by atoms with Crippen molar-refractivity contribution in [2.75, 3.05) is 13.1 Å². The quantitative estimate of drug-likeness (QED) is 0.850. The Morgan fingerprint density at radius 1 is 1.04 bits per heavy atom. The molecule has 1 heterocycles. The highest BCUT2D eigenvalue weighted by Crippen LogP contribution is 2.44. The van der Waals surface area contributed by atoms with Gasteiger partial charge in [-0.15, -0.1) is 12.4 Å². The van der Waals surface area contributed by atoms with Gasteiger partial charge in [0.05, 0.1) is 0 Å². The number of benzene rings is 1. The van der Waals surface area contributed by atoms with Crippen LogP contribution in [0.15, 0.2) is 18.2 Å². The number of likely N-dealkylation sites (tertiary alicyclic amines) is 1. The zero-order chi connectivity index (χ0) is 14.9. The molecule has 1 aromatic carbocycles. The first-order valence-corrected chi connectivity index (χ1v) is 9.38. The van der Waals surface area contributed by atoms with E-state index >= 15 is 0 Å². The lowest BCUT2D eigenvalue weighted by atomic mass is 9.79. The summed E-state index contributed by atoms with van der Waals surface area (Å²) in [5.74, 6) is 2.19. The Morgan fingerprint density at radius 2 is 1.87 bits per heavy atom. The summed E-state index contributed by atoms with van der Waals surface area (Å²) in [6.45, 7) is 2.57. The molecule has 0 aromatic heterocycles. The summed E-state index contributed by atoms with van der Waals surface area (Å²) >= 11 is 0. The zero-order valence-corrected chi connectivity index (χ0v) is 14.9. The van der Waals surface area contributed by atoms with Gasteiger partial charge in [0.15, 0.2) is 0 Å². The van der Waals surface area contributed by atoms with Crippen molar-refractivity contribution in [2.24, 2.45) is 5.92 Å². The average Bonchev–Trinajstić information content (AvgIpc) is 2.98. The Kier molecular flexibility index (Phi) is 5.53. The van der Waals surface area contributed by atoms with Gasteiger partial charge < -0.3 is 5.11 Å². The number of rotatable bonds is 3. The molecule has 4 rings (SSSR count). The molecule has 0 amide bonds. The van der Waals surface area contributed by atoms with Crippen LogP contribution in [0.1, 0.15) is 68.4 Å². The second-order valence-corrected chi connectivity index (χ2v) is 7.67. The molecular weight excluding hydrogens is 306 g/mol. The van der Waals surface area contributed by atoms with Gasteiger partial charge in [-0.25, -0.2) is 0 Å². The highest BCUT2D eigenvalue weighted by molar-refractivity contribution is 5.85. The normalized spacial score (nSPS) is 28.0. The predicted octanol–water partition coefficient (Wildman–Crippen LogP) is 4.89. The Hall–Kier alpha value is -0.730. The van der Waals surface area contributed by atoms with Crippen LogP contribution in [0.4, 0.5) is 0 Å². The molecule has 2 aliphatic carbocycles. The number of nitrogens with zero attached hydrogens (tertiary/aromatic N) is 1. The van der Waals surface area contributed by atoms with E-state index in [4.69, 9.17) is 0 Å². The molecule has 2 unspecified atom stereocenters. The molecule has 1 saturated carbocycles. The monoisotopic (exact) mass is 335 g/mol. The van der Waals surface area contributed by atoms with Crippen molar-refractivity contribution >= 4 is 12.4 Å². The first-order valence-electron chi connectivity index (χ1n) is 9.38. The van der Waals surface area contributed by atoms with Crippen molar-refractivity contribution in [1.29, 1.82) is 0 Å². The maximum Gasteiger partial charge on any atom is 0.119 e. The maximum atomic E-state index is 10.1. The van der Waals surface area contributed by atoms with E-state index in [-0.39, 0.29) is 12.4 Å². The topological polar surface area (TPSA) is 23.5 Å². The fraction of sp³-hybridized carbons (Fsp3) is 0.700. The van der Waals surface area contributed by atoms with E-state index in [2.05, 4.69) is 11.0 Å². The summed E-state index contributed by atoms with van der Waals surface area (Å²) in [5, 5.41) is 10.1. The van der Waals surface area contributed by atoms with Gasteiger partial charge in [0, 0.05) is 12.0 Å². The van der Waals surface area contributed by atoms with Crippen LogP contribution in [-0.2, 0) is 6.42 Å². The third kappa shape index (κ3) is 3.39. The average molecular weight is 336 g/mol. The maximum absolute atomic E-state index is 10.1. The van der Waals surface area contributed by atoms with Crippen molar-refractivity contribution in [3.63, 3.8) is 0 Å². The molecule has 3 aliphatic rings. The summed E-state index contributed by atoms with van der Waals surface area (Å²) in [4.78, 5) is 2.77. The molecule has 1 saturated heterocycles. The molecule has 3 heteroatoms. The Balaban J connectivity index is 0.00000156. The van der Waals surface area contributed by atoms with Gasteiger partial charge in [-0.3, -0.25) is 4.90 Å². The third-order valence-corrected chi connectivity index (χ3v) is 6.49. The lowest BCUT2D eigenvalue weighted by Gasteiger charge is -2.34. The predicted molar refractivity (Wildman–Crippen MR) is 97.6 cm³/mol. The zero-order valence-electron chi connectivity index (χ0n) is 14.0. The molecule has 0 spiro atoms. The molecular formula is C20H30ClNO. The summed E-state index contributed by atoms with van der Waals surface area (Å²) in [6.07, 6.45) is 12.3. The van der Waals surface area contributed by atoms with Gasteiger partial charge in [0.2, 0.25) is 0 Å². The SMILES string of the molecule is Cl.Oc1cccc2c1CCC1C2CCN1CCC1CCCCC1. The lowest BCUT2D eigenvalue weighted by Crippen LogP contribution is -2.36. The van der Waals surface area contributed by atoms with E-state index in [1.54, 1.807) is 0 Å². The standard InChI is InChI=1S/C20H29NO.ClH/c22-20-8-4-7-16-17-12-14-21(19(17)10-9-18(16)20)13-11-15-5-2-1-3-6-15;/h4,7-8,15,17,19,22H,1-3,5-6,9-14H2;1H. The molecule has 0 bridgehead atoms. The van der Waals surface area contributed by atoms with Crippen LogP contribution < -0.4 is 0 Å². The Labute approximate surface area is 146 Å². The van der Waals surface area contributed by atoms with Crippen molar-refractivity contribution < 1.29 is 5.11 Å². The van der Waals surface area contributed by atoms with Crippen LogP contribution in [0.25, 0.3) is 0 Å². The van der Waals surface area contributed by atoms with E-state index < -0.39 is 0 Å². The fourth-order valence-electron chi connectivity index (χ4n) is 5.27. The number of halogens is 1. The van der Waals surface area contributed by atoms with E-state index in [1.165, 1.54) is 75.6 Å². The molecule has 2 fully saturated rings. The molecule has 23 heavy (non-hydrogen) atoms. The van der Waals surface area contributed by atoms with Gasteiger partial charge in [0.25, 0.3) is 0 Å². The van der Waals surface area contributed by atoms with Crippen LogP contribution >= 0.6 is 12.4 Å². The van der Waals surface area contributed by atoms with Crippen LogP contribution in [0.2, 0.25) is 0 Å². The third-order valence-electron chi connectivity index (χ3n) is 6.49. The Morgan fingerprint density at radius 3 is 2.70 bits per heavy atom. The van der Waals surface area contributed by atoms with Crippen LogP contribution in [0.5, 0.6) is 5.75 Å². The number of phenols is 1. The minimum Gasteiger partial charge on any atom is -0.508 e. The van der Waals surface area contributed by atoms with Gasteiger partial charge >= 0.3 is 0 Å². The second-order valence-electron chi connectivity index (χ2n) is 7.67. The van der Waals surface area contributed by atoms with Crippen LogP contribution in [0.3, 0.4) is 0 Å². The van der Waals surface area contributed by atoms with Crippen LogP contribution in [-0.4, -0.2) is 29.1 Å². The van der Waals surface area contributed by atoms with E-state index in [1.807, 2.05) is 12.1 Å². The highest BCUT2D eigenvalue weighted by atomic mass is 35.5. The minimum absolute atomic E-state index is 0. The molecule has 0 radical (unpaired) electrons. The van der Waals surface area contributed by atoms with E-state index in [9.17, 15) is 5.11 Å². The second kappa shape index (κ2) is 7.44. The van der Waals surface area contributed by atoms with Crippen molar-refractivity contribution in [3.05, 3.63) is 29.3 Å². The summed E-state index contributed by atoms with van der Waals surface area (Å²) in [7, 11) is 0. The first-order chi connectivity index (χ1) is 10.8. The van der Waals surface area contributed by atoms with Crippen molar-refractivity contribution in [1.82, 2.24) is 4.90 Å². The molecule has 1 aromatic rings. The van der Waals surface area contributed by atoms with Gasteiger partial charge in [-0.2, -0.15) is 0 Å². The highest BCUT2D eigenvalue weighted by Gasteiger charge is 2.39. The minimum atomic E-state index is 0. The number of phenolic OH excluding ortho intramolecular Hbond substituents is 1. The fourth-order valence-corrected chi connectivity index (χ4v) is 5.27. The van der Waals surface area contributed by atoms with E-state index in [0.717, 1.165) is 18.4 Å². The Bertz CT molecular complexity index is 526. The molecule has 1 N–H and O–H groups in total. The van der Waals surface area contributed by atoms with Gasteiger partial charge in [-0.1, -0.05) is 44.2 Å². The van der Waals surface area contributed by atoms with E-state index in [0.29, 0.717) is 11.7 Å². The largest absolute Gasteiger partial charge is 0.508 e. The van der Waals surface area contributed by atoms with Crippen molar-refractivity contribution in [3.8, 4) is 5.75 Å². The van der Waals surface area contributed by atoms with Crippen LogP contribution in [0, 0.1) is 5.92 Å². The summed E-state index contributed by atoms with van der Waals surface area (Å²) < 4.78 is 0.